The van der Waals surface area contributed by atoms with Crippen LogP contribution in [0.25, 0.3) is 0 Å². The first kappa shape index (κ1) is 29.4. The molecule has 0 radical (unpaired) electrons. The van der Waals surface area contributed by atoms with Gasteiger partial charge in [0.2, 0.25) is 11.6 Å². The summed E-state index contributed by atoms with van der Waals surface area (Å²) in [6.07, 6.45) is 9.38. The number of amides is 2. The van der Waals surface area contributed by atoms with Gasteiger partial charge in [-0.2, -0.15) is 0 Å². The summed E-state index contributed by atoms with van der Waals surface area (Å²) in [6, 6.07) is 4.30. The molecule has 0 atom stereocenters. The van der Waals surface area contributed by atoms with Crippen LogP contribution in [-0.4, -0.2) is 75.2 Å². The number of ether oxygens (including phenoxy) is 1. The summed E-state index contributed by atoms with van der Waals surface area (Å²) in [5, 5.41) is 19.7. The van der Waals surface area contributed by atoms with Crippen molar-refractivity contribution in [2.75, 3.05) is 39.4 Å². The molecule has 6 rings (SSSR count). The van der Waals surface area contributed by atoms with Crippen molar-refractivity contribution in [3.05, 3.63) is 50.2 Å². The van der Waals surface area contributed by atoms with Gasteiger partial charge in [0.15, 0.2) is 0 Å². The molecule has 0 bridgehead atoms. The Balaban J connectivity index is 1.31. The Morgan fingerprint density at radius 3 is 2.12 bits per heavy atom. The molecule has 1 N–H and O–H groups in total. The lowest BCUT2D eigenvalue weighted by Crippen LogP contribution is -2.43. The number of fused-ring (bicyclic) bond motifs is 1. The van der Waals surface area contributed by atoms with E-state index in [1.807, 2.05) is 0 Å². The first-order valence-electron chi connectivity index (χ1n) is 15.8. The van der Waals surface area contributed by atoms with Crippen LogP contribution in [0.3, 0.4) is 0 Å². The SMILES string of the molecule is O=C1c2cccc(N=Nc3c(O)n(C4CCCCC4)c(=O)n(C4CCCCC4)c3=O)c2C(=O)N1CCCN1CCOCC1. The highest BCUT2D eigenvalue weighted by atomic mass is 16.5. The molecule has 2 aliphatic heterocycles. The fraction of sp³-hybridized carbons (Fsp3) is 0.613. The molecule has 12 heteroatoms. The number of carbonyl (C=O) groups excluding carboxylic acids is 2. The van der Waals surface area contributed by atoms with Gasteiger partial charge in [0.05, 0.1) is 30.0 Å². The van der Waals surface area contributed by atoms with E-state index >= 15 is 0 Å². The van der Waals surface area contributed by atoms with Gasteiger partial charge in [-0.1, -0.05) is 44.6 Å². The number of nitrogens with zero attached hydrogens (tertiary/aromatic N) is 6. The molecule has 2 aliphatic carbocycles. The molecule has 230 valence electrons. The maximum Gasteiger partial charge on any atom is 0.334 e. The van der Waals surface area contributed by atoms with Crippen LogP contribution in [0.5, 0.6) is 5.88 Å². The number of aromatic nitrogens is 2. The van der Waals surface area contributed by atoms with Crippen LogP contribution in [0.1, 0.15) is 103 Å². The number of rotatable bonds is 8. The van der Waals surface area contributed by atoms with E-state index in [1.54, 1.807) is 18.2 Å². The van der Waals surface area contributed by atoms with Crippen molar-refractivity contribution < 1.29 is 19.4 Å². The fourth-order valence-electron chi connectivity index (χ4n) is 7.02. The topological polar surface area (TPSA) is 139 Å². The minimum atomic E-state index is -0.676. The number of hydrogen-bond acceptors (Lipinski definition) is 9. The zero-order valence-electron chi connectivity index (χ0n) is 24.6. The monoisotopic (exact) mass is 592 g/mol. The number of azo groups is 1. The average molecular weight is 593 g/mol. The van der Waals surface area contributed by atoms with E-state index in [2.05, 4.69) is 15.1 Å². The molecule has 0 spiro atoms. The van der Waals surface area contributed by atoms with Gasteiger partial charge in [-0.3, -0.25) is 33.3 Å². The Labute approximate surface area is 250 Å². The molecule has 3 fully saturated rings. The van der Waals surface area contributed by atoms with Gasteiger partial charge < -0.3 is 9.84 Å². The molecule has 4 aliphatic rings. The van der Waals surface area contributed by atoms with E-state index < -0.39 is 23.0 Å². The van der Waals surface area contributed by atoms with Crippen molar-refractivity contribution in [3.8, 4) is 5.88 Å². The second kappa shape index (κ2) is 12.9. The minimum Gasteiger partial charge on any atom is -0.493 e. The largest absolute Gasteiger partial charge is 0.493 e. The third kappa shape index (κ3) is 5.82. The maximum atomic E-state index is 13.7. The first-order valence-corrected chi connectivity index (χ1v) is 15.8. The van der Waals surface area contributed by atoms with Crippen LogP contribution in [0.2, 0.25) is 0 Å². The maximum absolute atomic E-state index is 13.7. The van der Waals surface area contributed by atoms with Crippen LogP contribution < -0.4 is 11.2 Å². The lowest BCUT2D eigenvalue weighted by molar-refractivity contribution is 0.0355. The second-order valence-corrected chi connectivity index (χ2v) is 12.1. The van der Waals surface area contributed by atoms with E-state index in [4.69, 9.17) is 4.74 Å². The Bertz CT molecular complexity index is 1510. The molecular formula is C31H40N6O6. The Morgan fingerprint density at radius 2 is 1.44 bits per heavy atom. The molecule has 0 unspecified atom stereocenters. The van der Waals surface area contributed by atoms with Gasteiger partial charge in [-0.15, -0.1) is 10.2 Å². The van der Waals surface area contributed by atoms with E-state index in [0.29, 0.717) is 32.5 Å². The molecule has 1 aromatic heterocycles. The molecule has 2 aromatic rings. The summed E-state index contributed by atoms with van der Waals surface area (Å²) in [4.78, 5) is 57.5. The van der Waals surface area contributed by atoms with Gasteiger partial charge in [-0.25, -0.2) is 4.79 Å². The van der Waals surface area contributed by atoms with Crippen molar-refractivity contribution in [1.29, 1.82) is 0 Å². The summed E-state index contributed by atoms with van der Waals surface area (Å²) < 4.78 is 7.99. The number of hydrogen-bond donors (Lipinski definition) is 1. The van der Waals surface area contributed by atoms with E-state index in [9.17, 15) is 24.3 Å². The van der Waals surface area contributed by atoms with Crippen LogP contribution in [-0.2, 0) is 4.74 Å². The van der Waals surface area contributed by atoms with E-state index in [0.717, 1.165) is 71.0 Å². The number of imide groups is 1. The molecule has 3 heterocycles. The fourth-order valence-corrected chi connectivity index (χ4v) is 7.02. The first-order chi connectivity index (χ1) is 21.0. The standard InChI is InChI=1S/C31H40N6O6/c38-27-23-13-7-14-24(25(23)28(39)35(27)16-8-15-34-17-19-43-20-18-34)32-33-26-29(40)36(21-9-3-1-4-10-21)31(42)37(30(26)41)22-11-5-2-6-12-22/h7,13-14,21-22,40H,1-6,8-12,15-20H2. The third-order valence-corrected chi connectivity index (χ3v) is 9.35. The van der Waals surface area contributed by atoms with Gasteiger partial charge in [0, 0.05) is 38.3 Å². The quantitative estimate of drug-likeness (QED) is 0.353. The average Bonchev–Trinajstić information content (AvgIpc) is 3.28. The third-order valence-electron chi connectivity index (χ3n) is 9.35. The van der Waals surface area contributed by atoms with Crippen LogP contribution >= 0.6 is 0 Å². The minimum absolute atomic E-state index is 0.135. The lowest BCUT2D eigenvalue weighted by Gasteiger charge is -2.28. The normalized spacial score (nSPS) is 20.8. The van der Waals surface area contributed by atoms with Gasteiger partial charge in [0.25, 0.3) is 17.4 Å². The second-order valence-electron chi connectivity index (χ2n) is 12.1. The van der Waals surface area contributed by atoms with Crippen molar-refractivity contribution in [3.63, 3.8) is 0 Å². The molecule has 1 aromatic carbocycles. The van der Waals surface area contributed by atoms with Crippen LogP contribution in [0, 0.1) is 0 Å². The Morgan fingerprint density at radius 1 is 0.791 bits per heavy atom. The number of carbonyl (C=O) groups is 2. The molecule has 1 saturated heterocycles. The number of aromatic hydroxyl groups is 1. The highest BCUT2D eigenvalue weighted by Gasteiger charge is 2.37. The van der Waals surface area contributed by atoms with Gasteiger partial charge in [-0.05, 0) is 44.2 Å². The molecular weight excluding hydrogens is 552 g/mol. The summed E-state index contributed by atoms with van der Waals surface area (Å²) in [6.45, 7) is 4.06. The molecule has 12 nitrogen and oxygen atoms in total. The molecule has 2 amide bonds. The van der Waals surface area contributed by atoms with Crippen LogP contribution in [0.4, 0.5) is 11.4 Å². The van der Waals surface area contributed by atoms with Crippen molar-refractivity contribution in [1.82, 2.24) is 18.9 Å². The van der Waals surface area contributed by atoms with E-state index in [1.165, 1.54) is 14.0 Å². The van der Waals surface area contributed by atoms with Gasteiger partial charge in [0.1, 0.15) is 0 Å². The number of benzene rings is 1. The highest BCUT2D eigenvalue weighted by Crippen LogP contribution is 2.36. The van der Waals surface area contributed by atoms with Crippen molar-refractivity contribution >= 4 is 23.2 Å². The van der Waals surface area contributed by atoms with Gasteiger partial charge >= 0.3 is 5.69 Å². The molecule has 2 saturated carbocycles. The summed E-state index contributed by atoms with van der Waals surface area (Å²) in [7, 11) is 0. The smallest absolute Gasteiger partial charge is 0.334 e. The van der Waals surface area contributed by atoms with Crippen molar-refractivity contribution in [2.24, 2.45) is 10.2 Å². The summed E-state index contributed by atoms with van der Waals surface area (Å²) in [5.74, 6) is -1.32. The van der Waals surface area contributed by atoms with Crippen LogP contribution in [0.15, 0.2) is 38.0 Å². The lowest BCUT2D eigenvalue weighted by atomic mass is 9.94. The molecule has 43 heavy (non-hydrogen) atoms. The highest BCUT2D eigenvalue weighted by molar-refractivity contribution is 6.23. The van der Waals surface area contributed by atoms with E-state index in [-0.39, 0.29) is 47.0 Å². The zero-order valence-corrected chi connectivity index (χ0v) is 24.6. The van der Waals surface area contributed by atoms with Crippen molar-refractivity contribution in [2.45, 2.75) is 82.7 Å². The summed E-state index contributed by atoms with van der Waals surface area (Å²) in [5.41, 5.74) is -0.962. The number of morpholine rings is 1. The predicted molar refractivity (Wildman–Crippen MR) is 159 cm³/mol. The summed E-state index contributed by atoms with van der Waals surface area (Å²) >= 11 is 0. The Hall–Kier alpha value is -3.64. The predicted octanol–water partition coefficient (Wildman–Crippen LogP) is 4.46. The zero-order chi connectivity index (χ0) is 29.9. The Kier molecular flexibility index (Phi) is 8.85.